The van der Waals surface area contributed by atoms with Crippen molar-refractivity contribution in [3.63, 3.8) is 0 Å². The Morgan fingerprint density at radius 3 is 2.93 bits per heavy atom. The van der Waals surface area contributed by atoms with E-state index in [1.165, 1.54) is 6.33 Å². The minimum absolute atomic E-state index is 0. The molecule has 1 aliphatic rings. The van der Waals surface area contributed by atoms with E-state index >= 15 is 0 Å². The lowest BCUT2D eigenvalue weighted by molar-refractivity contribution is -0.116. The van der Waals surface area contributed by atoms with E-state index in [-0.39, 0.29) is 24.9 Å². The lowest BCUT2D eigenvalue weighted by atomic mass is 10.0. The average molecular weight is 369 g/mol. The van der Waals surface area contributed by atoms with Gasteiger partial charge in [0.2, 0.25) is 5.91 Å². The number of carbonyl (C=O) groups is 2. The molecule has 1 atom stereocenters. The van der Waals surface area contributed by atoms with Crippen LogP contribution in [-0.4, -0.2) is 36.9 Å². The van der Waals surface area contributed by atoms with Crippen molar-refractivity contribution in [3.05, 3.63) is 41.8 Å². The molecule has 0 bridgehead atoms. The van der Waals surface area contributed by atoms with Crippen molar-refractivity contribution in [2.75, 3.05) is 5.32 Å². The molecule has 4 rings (SSSR count). The molecular weight excluding hydrogens is 350 g/mol. The fraction of sp³-hybridized carbons (Fsp3) is 0.294. The SMILES string of the molecule is C.C[C@@H](NC(=O)c1ncnc2c1CCC(=O)N2)c1cc(-c2ncc[nH]2)no1. The number of amides is 2. The van der Waals surface area contributed by atoms with Gasteiger partial charge in [0.15, 0.2) is 11.6 Å². The number of fused-ring (bicyclic) bond motifs is 1. The van der Waals surface area contributed by atoms with Crippen LogP contribution < -0.4 is 10.6 Å². The van der Waals surface area contributed by atoms with Crippen molar-refractivity contribution in [2.45, 2.75) is 33.2 Å². The number of imidazole rings is 1. The summed E-state index contributed by atoms with van der Waals surface area (Å²) in [6.07, 6.45) is 5.28. The van der Waals surface area contributed by atoms with Gasteiger partial charge >= 0.3 is 0 Å². The van der Waals surface area contributed by atoms with Crippen molar-refractivity contribution >= 4 is 17.6 Å². The molecule has 4 heterocycles. The second kappa shape index (κ2) is 7.36. The van der Waals surface area contributed by atoms with Gasteiger partial charge in [0, 0.05) is 30.4 Å². The van der Waals surface area contributed by atoms with Crippen LogP contribution in [0.2, 0.25) is 0 Å². The molecule has 0 saturated heterocycles. The van der Waals surface area contributed by atoms with E-state index in [2.05, 4.69) is 35.7 Å². The Morgan fingerprint density at radius 2 is 2.15 bits per heavy atom. The van der Waals surface area contributed by atoms with E-state index < -0.39 is 6.04 Å². The molecule has 10 heteroatoms. The number of aromatic amines is 1. The van der Waals surface area contributed by atoms with Crippen molar-refractivity contribution in [1.82, 2.24) is 30.4 Å². The van der Waals surface area contributed by atoms with Gasteiger partial charge in [0.25, 0.3) is 5.91 Å². The summed E-state index contributed by atoms with van der Waals surface area (Å²) in [4.78, 5) is 39.2. The molecule has 140 valence electrons. The standard InChI is InChI=1S/C16H15N7O3.CH4/c1-8(11-6-10(23-26-11)15-17-4-5-18-15)21-16(25)13-9-2-3-12(24)22-14(9)20-7-19-13;/h4-8H,2-3H2,1H3,(H,17,18)(H,21,25)(H,19,20,22,24);1H4/t8-;/m1./s1. The molecule has 0 aliphatic carbocycles. The summed E-state index contributed by atoms with van der Waals surface area (Å²) in [6.45, 7) is 1.78. The highest BCUT2D eigenvalue weighted by Gasteiger charge is 2.25. The molecule has 2 amide bonds. The van der Waals surface area contributed by atoms with E-state index in [0.717, 1.165) is 0 Å². The molecule has 3 aromatic heterocycles. The Labute approximate surface area is 154 Å². The van der Waals surface area contributed by atoms with Crippen LogP contribution in [0.4, 0.5) is 5.82 Å². The van der Waals surface area contributed by atoms with Crippen LogP contribution in [0.3, 0.4) is 0 Å². The molecule has 3 aromatic rings. The van der Waals surface area contributed by atoms with Gasteiger partial charge in [-0.2, -0.15) is 0 Å². The molecule has 0 aromatic carbocycles. The number of H-pyrrole nitrogens is 1. The van der Waals surface area contributed by atoms with Crippen molar-refractivity contribution in [2.24, 2.45) is 0 Å². The summed E-state index contributed by atoms with van der Waals surface area (Å²) in [5, 5.41) is 9.42. The Morgan fingerprint density at radius 1 is 1.30 bits per heavy atom. The summed E-state index contributed by atoms with van der Waals surface area (Å²) in [5.41, 5.74) is 1.42. The van der Waals surface area contributed by atoms with Gasteiger partial charge < -0.3 is 20.1 Å². The molecule has 3 N–H and O–H groups in total. The quantitative estimate of drug-likeness (QED) is 0.638. The maximum atomic E-state index is 12.6. The molecule has 0 unspecified atom stereocenters. The molecule has 10 nitrogen and oxygen atoms in total. The van der Waals surface area contributed by atoms with Crippen LogP contribution in [0.15, 0.2) is 29.3 Å². The molecule has 0 radical (unpaired) electrons. The summed E-state index contributed by atoms with van der Waals surface area (Å²) in [5.74, 6) is 0.959. The van der Waals surface area contributed by atoms with Gasteiger partial charge in [-0.05, 0) is 13.3 Å². The van der Waals surface area contributed by atoms with Crippen LogP contribution >= 0.6 is 0 Å². The Hall–Kier alpha value is -3.56. The lowest BCUT2D eigenvalue weighted by Gasteiger charge is -2.18. The number of nitrogens with zero attached hydrogens (tertiary/aromatic N) is 4. The van der Waals surface area contributed by atoms with Crippen molar-refractivity contribution < 1.29 is 14.1 Å². The minimum Gasteiger partial charge on any atom is -0.358 e. The van der Waals surface area contributed by atoms with Gasteiger partial charge in [-0.1, -0.05) is 12.6 Å². The second-order valence-electron chi connectivity index (χ2n) is 5.85. The third kappa shape index (κ3) is 3.54. The topological polar surface area (TPSA) is 139 Å². The lowest BCUT2D eigenvalue weighted by Crippen LogP contribution is -2.30. The van der Waals surface area contributed by atoms with E-state index in [4.69, 9.17) is 4.52 Å². The zero-order chi connectivity index (χ0) is 18.1. The summed E-state index contributed by atoms with van der Waals surface area (Å²) >= 11 is 0. The summed E-state index contributed by atoms with van der Waals surface area (Å²) in [7, 11) is 0. The van der Waals surface area contributed by atoms with E-state index in [1.54, 1.807) is 25.4 Å². The summed E-state index contributed by atoms with van der Waals surface area (Å²) < 4.78 is 5.30. The monoisotopic (exact) mass is 369 g/mol. The first-order chi connectivity index (χ1) is 12.6. The van der Waals surface area contributed by atoms with Crippen molar-refractivity contribution in [3.8, 4) is 11.5 Å². The third-order valence-corrected chi connectivity index (χ3v) is 4.06. The highest BCUT2D eigenvalue weighted by atomic mass is 16.5. The van der Waals surface area contributed by atoms with Gasteiger partial charge in [-0.15, -0.1) is 0 Å². The maximum Gasteiger partial charge on any atom is 0.270 e. The highest BCUT2D eigenvalue weighted by molar-refractivity contribution is 5.99. The van der Waals surface area contributed by atoms with Gasteiger partial charge in [0.05, 0.1) is 6.04 Å². The largest absolute Gasteiger partial charge is 0.358 e. The maximum absolute atomic E-state index is 12.6. The number of hydrogen-bond acceptors (Lipinski definition) is 7. The summed E-state index contributed by atoms with van der Waals surface area (Å²) in [6, 6.07) is 1.28. The van der Waals surface area contributed by atoms with E-state index in [9.17, 15) is 9.59 Å². The average Bonchev–Trinajstić information content (AvgIpc) is 3.32. The predicted molar refractivity (Wildman–Crippen MR) is 95.7 cm³/mol. The van der Waals surface area contributed by atoms with Gasteiger partial charge in [-0.3, -0.25) is 9.59 Å². The fourth-order valence-electron chi connectivity index (χ4n) is 2.73. The van der Waals surface area contributed by atoms with Gasteiger partial charge in [-0.25, -0.2) is 15.0 Å². The normalized spacial score (nSPS) is 13.9. The van der Waals surface area contributed by atoms with E-state index in [1.807, 2.05) is 0 Å². The molecule has 1 aliphatic heterocycles. The second-order valence-corrected chi connectivity index (χ2v) is 5.85. The van der Waals surface area contributed by atoms with Crippen molar-refractivity contribution in [1.29, 1.82) is 0 Å². The molecule has 0 saturated carbocycles. The highest BCUT2D eigenvalue weighted by Crippen LogP contribution is 2.23. The molecule has 0 fully saturated rings. The Kier molecular flexibility index (Phi) is 4.97. The Balaban J connectivity index is 0.00000210. The van der Waals surface area contributed by atoms with Crippen LogP contribution in [0.25, 0.3) is 11.5 Å². The third-order valence-electron chi connectivity index (χ3n) is 4.06. The first kappa shape index (κ1) is 18.2. The predicted octanol–water partition coefficient (Wildman–Crippen LogP) is 1.87. The van der Waals surface area contributed by atoms with Crippen LogP contribution in [0.1, 0.15) is 48.6 Å². The number of carbonyl (C=O) groups excluding carboxylic acids is 2. The molecular formula is C17H19N7O3. The number of nitrogens with one attached hydrogen (secondary N) is 3. The minimum atomic E-state index is -0.428. The molecule has 27 heavy (non-hydrogen) atoms. The fourth-order valence-corrected chi connectivity index (χ4v) is 2.73. The number of hydrogen-bond donors (Lipinski definition) is 3. The zero-order valence-corrected chi connectivity index (χ0v) is 13.8. The zero-order valence-electron chi connectivity index (χ0n) is 13.8. The van der Waals surface area contributed by atoms with Crippen LogP contribution in [-0.2, 0) is 11.2 Å². The smallest absolute Gasteiger partial charge is 0.270 e. The number of aromatic nitrogens is 5. The number of anilines is 1. The Bertz CT molecular complexity index is 965. The molecule has 0 spiro atoms. The first-order valence-corrected chi connectivity index (χ1v) is 8.03. The van der Waals surface area contributed by atoms with Crippen LogP contribution in [0.5, 0.6) is 0 Å². The van der Waals surface area contributed by atoms with Crippen LogP contribution in [0, 0.1) is 0 Å². The first-order valence-electron chi connectivity index (χ1n) is 8.03. The number of rotatable bonds is 4. The van der Waals surface area contributed by atoms with E-state index in [0.29, 0.717) is 41.5 Å². The van der Waals surface area contributed by atoms with Gasteiger partial charge in [0.1, 0.15) is 23.5 Å².